The lowest BCUT2D eigenvalue weighted by Gasteiger charge is -2.45. The highest BCUT2D eigenvalue weighted by Gasteiger charge is 2.39. The molecular formula is C11H21NO2. The van der Waals surface area contributed by atoms with E-state index in [-0.39, 0.29) is 6.04 Å². The molecule has 2 heterocycles. The van der Waals surface area contributed by atoms with Crippen LogP contribution in [0.5, 0.6) is 0 Å². The van der Waals surface area contributed by atoms with Crippen molar-refractivity contribution in [3.63, 3.8) is 0 Å². The molecule has 2 fully saturated rings. The first-order chi connectivity index (χ1) is 6.70. The lowest BCUT2D eigenvalue weighted by atomic mass is 9.89. The number of nitrogens with zero attached hydrogens (tertiary/aromatic N) is 1. The van der Waals surface area contributed by atoms with Crippen LogP contribution in [0.4, 0.5) is 0 Å². The molecule has 2 aliphatic heterocycles. The van der Waals surface area contributed by atoms with Gasteiger partial charge in [0, 0.05) is 13.0 Å². The van der Waals surface area contributed by atoms with Crippen molar-refractivity contribution in [3.05, 3.63) is 0 Å². The van der Waals surface area contributed by atoms with E-state index in [1.165, 1.54) is 19.3 Å². The van der Waals surface area contributed by atoms with Gasteiger partial charge in [0.15, 0.2) is 0 Å². The van der Waals surface area contributed by atoms with Gasteiger partial charge in [-0.1, -0.05) is 6.42 Å². The number of aliphatic hydroxyl groups is 1. The highest BCUT2D eigenvalue weighted by atomic mass is 16.5. The van der Waals surface area contributed by atoms with Crippen LogP contribution in [0.2, 0.25) is 0 Å². The maximum Gasteiger partial charge on any atom is 0.0818 e. The van der Waals surface area contributed by atoms with Crippen LogP contribution in [-0.4, -0.2) is 48.0 Å². The first kappa shape index (κ1) is 10.4. The molecule has 2 rings (SSSR count). The van der Waals surface area contributed by atoms with E-state index in [0.717, 1.165) is 19.5 Å². The highest BCUT2D eigenvalue weighted by molar-refractivity contribution is 4.92. The van der Waals surface area contributed by atoms with Gasteiger partial charge in [0.05, 0.1) is 18.2 Å². The summed E-state index contributed by atoms with van der Waals surface area (Å²) >= 11 is 0. The average Bonchev–Trinajstić information content (AvgIpc) is 2.18. The van der Waals surface area contributed by atoms with Crippen molar-refractivity contribution in [3.8, 4) is 0 Å². The van der Waals surface area contributed by atoms with Crippen LogP contribution >= 0.6 is 0 Å². The molecule has 0 saturated carbocycles. The molecule has 0 aromatic heterocycles. The molecule has 0 aromatic carbocycles. The number of rotatable bonds is 1. The van der Waals surface area contributed by atoms with Gasteiger partial charge in [0.2, 0.25) is 0 Å². The lowest BCUT2D eigenvalue weighted by Crippen LogP contribution is -2.57. The van der Waals surface area contributed by atoms with E-state index >= 15 is 0 Å². The SMILES string of the molecule is C[C@]1(O)CCOC[C@H]1N1CCCCC1. The smallest absolute Gasteiger partial charge is 0.0818 e. The molecule has 2 saturated heterocycles. The van der Waals surface area contributed by atoms with Gasteiger partial charge >= 0.3 is 0 Å². The lowest BCUT2D eigenvalue weighted by molar-refractivity contribution is -0.122. The van der Waals surface area contributed by atoms with Crippen LogP contribution in [0.3, 0.4) is 0 Å². The third-order valence-electron chi connectivity index (χ3n) is 3.58. The van der Waals surface area contributed by atoms with Crippen molar-refractivity contribution in [1.82, 2.24) is 4.90 Å². The standard InChI is InChI=1S/C11H21NO2/c1-11(13)5-8-14-9-10(11)12-6-3-2-4-7-12/h10,13H,2-9H2,1H3/t10-,11+/m1/s1. The van der Waals surface area contributed by atoms with Crippen LogP contribution in [0.1, 0.15) is 32.6 Å². The van der Waals surface area contributed by atoms with Crippen molar-refractivity contribution in [1.29, 1.82) is 0 Å². The fourth-order valence-corrected chi connectivity index (χ4v) is 2.55. The summed E-state index contributed by atoms with van der Waals surface area (Å²) in [6.45, 7) is 5.62. The second-order valence-corrected chi connectivity index (χ2v) is 4.79. The first-order valence-corrected chi connectivity index (χ1v) is 5.74. The second-order valence-electron chi connectivity index (χ2n) is 4.79. The van der Waals surface area contributed by atoms with E-state index in [9.17, 15) is 5.11 Å². The van der Waals surface area contributed by atoms with E-state index in [1.807, 2.05) is 6.92 Å². The van der Waals surface area contributed by atoms with Gasteiger partial charge < -0.3 is 9.84 Å². The number of hydrogen-bond donors (Lipinski definition) is 1. The Kier molecular flexibility index (Phi) is 3.10. The van der Waals surface area contributed by atoms with E-state index in [0.29, 0.717) is 13.2 Å². The van der Waals surface area contributed by atoms with Gasteiger partial charge in [-0.15, -0.1) is 0 Å². The van der Waals surface area contributed by atoms with Crippen LogP contribution < -0.4 is 0 Å². The van der Waals surface area contributed by atoms with Crippen LogP contribution in [0.25, 0.3) is 0 Å². The van der Waals surface area contributed by atoms with E-state index in [2.05, 4.69) is 4.90 Å². The Hall–Kier alpha value is -0.120. The maximum atomic E-state index is 10.3. The largest absolute Gasteiger partial charge is 0.388 e. The van der Waals surface area contributed by atoms with Gasteiger partial charge in [-0.3, -0.25) is 4.90 Å². The summed E-state index contributed by atoms with van der Waals surface area (Å²) < 4.78 is 5.47. The van der Waals surface area contributed by atoms with Crippen molar-refractivity contribution in [2.24, 2.45) is 0 Å². The van der Waals surface area contributed by atoms with E-state index < -0.39 is 5.60 Å². The predicted octanol–water partition coefficient (Wildman–Crippen LogP) is 1.01. The summed E-state index contributed by atoms with van der Waals surface area (Å²) in [6, 6.07) is 0.219. The summed E-state index contributed by atoms with van der Waals surface area (Å²) in [4.78, 5) is 2.41. The van der Waals surface area contributed by atoms with Gasteiger partial charge in [0.25, 0.3) is 0 Å². The molecule has 0 bridgehead atoms. The molecule has 2 aliphatic rings. The topological polar surface area (TPSA) is 32.7 Å². The molecule has 0 aromatic rings. The maximum absolute atomic E-state index is 10.3. The monoisotopic (exact) mass is 199 g/mol. The zero-order valence-electron chi connectivity index (χ0n) is 9.04. The molecule has 0 aliphatic carbocycles. The quantitative estimate of drug-likeness (QED) is 0.684. The summed E-state index contributed by atoms with van der Waals surface area (Å²) in [5.41, 5.74) is -0.546. The van der Waals surface area contributed by atoms with Crippen molar-refractivity contribution in [2.75, 3.05) is 26.3 Å². The Labute approximate surface area is 86.0 Å². The molecule has 0 unspecified atom stereocenters. The Bertz CT molecular complexity index is 188. The molecule has 14 heavy (non-hydrogen) atoms. The van der Waals surface area contributed by atoms with Crippen LogP contribution in [0.15, 0.2) is 0 Å². The van der Waals surface area contributed by atoms with E-state index in [1.54, 1.807) is 0 Å². The third-order valence-corrected chi connectivity index (χ3v) is 3.58. The molecule has 1 N–H and O–H groups in total. The number of ether oxygens (including phenoxy) is 1. The summed E-state index contributed by atoms with van der Waals surface area (Å²) in [6.07, 6.45) is 4.65. The average molecular weight is 199 g/mol. The fourth-order valence-electron chi connectivity index (χ4n) is 2.55. The Balaban J connectivity index is 1.99. The predicted molar refractivity (Wildman–Crippen MR) is 55.3 cm³/mol. The van der Waals surface area contributed by atoms with E-state index in [4.69, 9.17) is 4.74 Å². The fraction of sp³-hybridized carbons (Fsp3) is 1.00. The molecule has 0 spiro atoms. The summed E-state index contributed by atoms with van der Waals surface area (Å²) in [7, 11) is 0. The number of hydrogen-bond acceptors (Lipinski definition) is 3. The molecular weight excluding hydrogens is 178 g/mol. The van der Waals surface area contributed by atoms with Gasteiger partial charge in [0.1, 0.15) is 0 Å². The minimum atomic E-state index is -0.546. The van der Waals surface area contributed by atoms with Crippen molar-refractivity contribution < 1.29 is 9.84 Å². The van der Waals surface area contributed by atoms with Gasteiger partial charge in [-0.05, 0) is 32.9 Å². The molecule has 0 amide bonds. The Morgan fingerprint density at radius 3 is 2.64 bits per heavy atom. The zero-order chi connectivity index (χ0) is 10.0. The van der Waals surface area contributed by atoms with Crippen molar-refractivity contribution >= 4 is 0 Å². The minimum Gasteiger partial charge on any atom is -0.388 e. The minimum absolute atomic E-state index is 0.219. The number of likely N-dealkylation sites (tertiary alicyclic amines) is 1. The molecule has 0 radical (unpaired) electrons. The third kappa shape index (κ3) is 2.10. The molecule has 2 atom stereocenters. The second kappa shape index (κ2) is 4.17. The highest BCUT2D eigenvalue weighted by Crippen LogP contribution is 2.26. The normalized spacial score (nSPS) is 41.1. The van der Waals surface area contributed by atoms with Crippen LogP contribution in [-0.2, 0) is 4.74 Å². The van der Waals surface area contributed by atoms with Gasteiger partial charge in [-0.2, -0.15) is 0 Å². The number of piperidine rings is 1. The first-order valence-electron chi connectivity index (χ1n) is 5.74. The Morgan fingerprint density at radius 1 is 1.29 bits per heavy atom. The Morgan fingerprint density at radius 2 is 2.00 bits per heavy atom. The van der Waals surface area contributed by atoms with Crippen molar-refractivity contribution in [2.45, 2.75) is 44.2 Å². The summed E-state index contributed by atoms with van der Waals surface area (Å²) in [5, 5.41) is 10.3. The molecule has 82 valence electrons. The molecule has 3 nitrogen and oxygen atoms in total. The van der Waals surface area contributed by atoms with Gasteiger partial charge in [-0.25, -0.2) is 0 Å². The molecule has 3 heteroatoms. The zero-order valence-corrected chi connectivity index (χ0v) is 9.04. The van der Waals surface area contributed by atoms with Crippen LogP contribution in [0, 0.1) is 0 Å². The summed E-state index contributed by atoms with van der Waals surface area (Å²) in [5.74, 6) is 0.